The molecule has 0 saturated carbocycles. The molecule has 0 saturated heterocycles. The number of rotatable bonds is 6. The van der Waals surface area contributed by atoms with E-state index in [1.807, 2.05) is 0 Å². The van der Waals surface area contributed by atoms with Gasteiger partial charge in [-0.05, 0) is 89.0 Å². The highest BCUT2D eigenvalue weighted by atomic mass is 15.1. The van der Waals surface area contributed by atoms with E-state index in [1.165, 1.54) is 65.9 Å². The van der Waals surface area contributed by atoms with Crippen molar-refractivity contribution in [2.75, 3.05) is 4.90 Å². The summed E-state index contributed by atoms with van der Waals surface area (Å²) in [7, 11) is 2.16. The van der Waals surface area contributed by atoms with Gasteiger partial charge >= 0.3 is 0 Å². The predicted molar refractivity (Wildman–Crippen MR) is 220 cm³/mol. The molecule has 0 bridgehead atoms. The van der Waals surface area contributed by atoms with Crippen LogP contribution in [0.1, 0.15) is 0 Å². The van der Waals surface area contributed by atoms with Crippen molar-refractivity contribution in [3.8, 4) is 27.9 Å². The Labute approximate surface area is 302 Å². The molecule has 10 aromatic rings. The van der Waals surface area contributed by atoms with Gasteiger partial charge in [-0.2, -0.15) is 0 Å². The maximum absolute atomic E-state index is 2.41. The maximum atomic E-state index is 2.41. The van der Waals surface area contributed by atoms with E-state index in [1.54, 1.807) is 0 Å². The molecule has 0 spiro atoms. The highest BCUT2D eigenvalue weighted by Crippen LogP contribution is 2.44. The monoisotopic (exact) mass is 665 g/mol. The molecule has 8 aromatic carbocycles. The van der Waals surface area contributed by atoms with Crippen LogP contribution in [-0.4, -0.2) is 9.13 Å². The van der Waals surface area contributed by atoms with Gasteiger partial charge in [-0.15, -0.1) is 0 Å². The molecule has 246 valence electrons. The van der Waals surface area contributed by atoms with E-state index in [0.29, 0.717) is 0 Å². The first kappa shape index (κ1) is 30.0. The minimum Gasteiger partial charge on any atom is -0.344 e. The fourth-order valence-electron chi connectivity index (χ4n) is 8.05. The van der Waals surface area contributed by atoms with Gasteiger partial charge in [0.15, 0.2) is 0 Å². The molecular weight excluding hydrogens is 631 g/mol. The van der Waals surface area contributed by atoms with Gasteiger partial charge in [-0.1, -0.05) is 127 Å². The zero-order valence-corrected chi connectivity index (χ0v) is 28.8. The van der Waals surface area contributed by atoms with Gasteiger partial charge in [0.2, 0.25) is 0 Å². The number of fused-ring (bicyclic) bond motifs is 6. The lowest BCUT2D eigenvalue weighted by Gasteiger charge is -2.27. The first-order valence-corrected chi connectivity index (χ1v) is 17.8. The highest BCUT2D eigenvalue weighted by Gasteiger charge is 2.21. The van der Waals surface area contributed by atoms with Crippen molar-refractivity contribution in [2.24, 2.45) is 7.05 Å². The summed E-state index contributed by atoms with van der Waals surface area (Å²) < 4.78 is 4.69. The summed E-state index contributed by atoms with van der Waals surface area (Å²) >= 11 is 0. The Bertz CT molecular complexity index is 2880. The molecule has 0 amide bonds. The molecule has 0 N–H and O–H groups in total. The van der Waals surface area contributed by atoms with Crippen LogP contribution < -0.4 is 4.90 Å². The lowest BCUT2D eigenvalue weighted by Crippen LogP contribution is -2.10. The van der Waals surface area contributed by atoms with Gasteiger partial charge in [-0.3, -0.25) is 0 Å². The Morgan fingerprint density at radius 1 is 0.365 bits per heavy atom. The second kappa shape index (κ2) is 12.2. The Morgan fingerprint density at radius 3 is 1.60 bits per heavy atom. The first-order chi connectivity index (χ1) is 25.7. The summed E-state index contributed by atoms with van der Waals surface area (Å²) in [5.41, 5.74) is 14.2. The van der Waals surface area contributed by atoms with Crippen molar-refractivity contribution in [1.29, 1.82) is 0 Å². The van der Waals surface area contributed by atoms with Crippen molar-refractivity contribution in [2.45, 2.75) is 0 Å². The molecule has 0 unspecified atom stereocenters. The molecule has 10 rings (SSSR count). The molecule has 0 radical (unpaired) electrons. The number of benzene rings is 8. The van der Waals surface area contributed by atoms with Crippen molar-refractivity contribution in [3.63, 3.8) is 0 Å². The van der Waals surface area contributed by atoms with Crippen molar-refractivity contribution in [3.05, 3.63) is 194 Å². The fourth-order valence-corrected chi connectivity index (χ4v) is 8.05. The molecule has 52 heavy (non-hydrogen) atoms. The minimum absolute atomic E-state index is 1.10. The molecule has 0 aliphatic rings. The lowest BCUT2D eigenvalue weighted by molar-refractivity contribution is 1.01. The average molecular weight is 666 g/mol. The number of nitrogens with zero attached hydrogens (tertiary/aromatic N) is 3. The van der Waals surface area contributed by atoms with Crippen molar-refractivity contribution >= 4 is 60.7 Å². The predicted octanol–water partition coefficient (Wildman–Crippen LogP) is 13.2. The second-order valence-corrected chi connectivity index (χ2v) is 13.5. The molecule has 3 heteroatoms. The Morgan fingerprint density at radius 2 is 0.885 bits per heavy atom. The van der Waals surface area contributed by atoms with Gasteiger partial charge in [0.25, 0.3) is 0 Å². The van der Waals surface area contributed by atoms with Crippen LogP contribution in [0.3, 0.4) is 0 Å². The van der Waals surface area contributed by atoms with Crippen LogP contribution in [-0.2, 0) is 7.05 Å². The molecule has 3 nitrogen and oxygen atoms in total. The van der Waals surface area contributed by atoms with Gasteiger partial charge in [0, 0.05) is 56.7 Å². The summed E-state index contributed by atoms with van der Waals surface area (Å²) in [6.07, 6.45) is 0. The van der Waals surface area contributed by atoms with E-state index in [2.05, 4.69) is 215 Å². The summed E-state index contributed by atoms with van der Waals surface area (Å²) in [6, 6.07) is 70.2. The number of aromatic nitrogens is 2. The fraction of sp³-hybridized carbons (Fsp3) is 0.0204. The normalized spacial score (nSPS) is 11.6. The van der Waals surface area contributed by atoms with Crippen LogP contribution in [0.5, 0.6) is 0 Å². The summed E-state index contributed by atoms with van der Waals surface area (Å²) in [6.45, 7) is 0. The maximum Gasteiger partial charge on any atom is 0.0562 e. The number of aryl methyl sites for hydroxylation is 1. The zero-order chi connectivity index (χ0) is 34.6. The number of anilines is 3. The Balaban J connectivity index is 1.15. The highest BCUT2D eigenvalue weighted by molar-refractivity contribution is 6.16. The number of para-hydroxylation sites is 3. The lowest BCUT2D eigenvalue weighted by atomic mass is 10.0. The third-order valence-electron chi connectivity index (χ3n) is 10.5. The molecule has 2 aromatic heterocycles. The Kier molecular flexibility index (Phi) is 7.04. The third kappa shape index (κ3) is 4.82. The van der Waals surface area contributed by atoms with Crippen LogP contribution in [0.25, 0.3) is 71.6 Å². The summed E-state index contributed by atoms with van der Waals surface area (Å²) in [5.74, 6) is 0. The largest absolute Gasteiger partial charge is 0.344 e. The van der Waals surface area contributed by atoms with Crippen molar-refractivity contribution in [1.82, 2.24) is 9.13 Å². The van der Waals surface area contributed by atoms with Gasteiger partial charge < -0.3 is 14.0 Å². The van der Waals surface area contributed by atoms with Crippen LogP contribution in [0.15, 0.2) is 194 Å². The average Bonchev–Trinajstić information content (AvgIpc) is 3.71. The van der Waals surface area contributed by atoms with E-state index >= 15 is 0 Å². The van der Waals surface area contributed by atoms with Crippen LogP contribution in [0.4, 0.5) is 17.1 Å². The molecular formula is C49H35N3. The van der Waals surface area contributed by atoms with Gasteiger partial charge in [0.1, 0.15) is 0 Å². The number of hydrogen-bond acceptors (Lipinski definition) is 1. The van der Waals surface area contributed by atoms with Gasteiger partial charge in [-0.25, -0.2) is 0 Å². The number of hydrogen-bond donors (Lipinski definition) is 0. The standard InChI is InChI=1S/C49H35N3/c1-50-44-19-10-8-17-41(44)42-32-27-37(33-48(42)50)36-25-30-40(31-26-36)51(39-28-23-35(24-29-39)34-13-4-2-5-14-34)46-21-12-22-47-49(46)43-18-9-11-20-45(43)52(47)38-15-6-3-7-16-38/h2-33H,1H3. The smallest absolute Gasteiger partial charge is 0.0562 e. The zero-order valence-electron chi connectivity index (χ0n) is 28.8. The topological polar surface area (TPSA) is 13.1 Å². The molecule has 0 aliphatic heterocycles. The Hall–Kier alpha value is -6.84. The quantitative estimate of drug-likeness (QED) is 0.172. The van der Waals surface area contributed by atoms with E-state index in [-0.39, 0.29) is 0 Å². The molecule has 0 atom stereocenters. The van der Waals surface area contributed by atoms with E-state index in [0.717, 1.165) is 22.7 Å². The van der Waals surface area contributed by atoms with Crippen LogP contribution in [0.2, 0.25) is 0 Å². The van der Waals surface area contributed by atoms with Crippen LogP contribution >= 0.6 is 0 Å². The van der Waals surface area contributed by atoms with E-state index < -0.39 is 0 Å². The van der Waals surface area contributed by atoms with E-state index in [4.69, 9.17) is 0 Å². The van der Waals surface area contributed by atoms with E-state index in [9.17, 15) is 0 Å². The van der Waals surface area contributed by atoms with Crippen LogP contribution in [0, 0.1) is 0 Å². The molecule has 0 aliphatic carbocycles. The summed E-state index contributed by atoms with van der Waals surface area (Å²) in [5, 5.41) is 5.02. The second-order valence-electron chi connectivity index (χ2n) is 13.5. The van der Waals surface area contributed by atoms with Gasteiger partial charge in [0.05, 0.1) is 16.7 Å². The van der Waals surface area contributed by atoms with Crippen molar-refractivity contribution < 1.29 is 0 Å². The molecule has 0 fully saturated rings. The third-order valence-corrected chi connectivity index (χ3v) is 10.5. The first-order valence-electron chi connectivity index (χ1n) is 17.8. The summed E-state index contributed by atoms with van der Waals surface area (Å²) in [4.78, 5) is 2.41. The molecule has 2 heterocycles. The minimum atomic E-state index is 1.10. The SMILES string of the molecule is Cn1c2ccccc2c2ccc(-c3ccc(N(c4ccc(-c5ccccc5)cc4)c4cccc5c4c4ccccc4n5-c4ccccc4)cc3)cc21.